The molecule has 0 heterocycles. The van der Waals surface area contributed by atoms with Crippen LogP contribution in [0.5, 0.6) is 0 Å². The van der Waals surface area contributed by atoms with Crippen LogP contribution in [0, 0.1) is 0 Å². The first kappa shape index (κ1) is 11.8. The average Bonchev–Trinajstić information content (AvgIpc) is 1.98. The lowest BCUT2D eigenvalue weighted by Crippen LogP contribution is -2.16. The van der Waals surface area contributed by atoms with Crippen LogP contribution in [0.1, 0.15) is 13.3 Å². The van der Waals surface area contributed by atoms with Gasteiger partial charge >= 0.3 is 6.18 Å². The van der Waals surface area contributed by atoms with Crippen LogP contribution in [-0.4, -0.2) is 24.2 Å². The standard InChI is InChI=1S/C7H9F3O3/c1-2-13-6(12)5(3-4-11)7(8,9)10/h4,12H,2-3H2,1H3/b6-5+. The van der Waals surface area contributed by atoms with Crippen LogP contribution < -0.4 is 0 Å². The van der Waals surface area contributed by atoms with E-state index in [1.54, 1.807) is 0 Å². The predicted molar refractivity (Wildman–Crippen MR) is 38.0 cm³/mol. The molecule has 0 aliphatic rings. The van der Waals surface area contributed by atoms with E-state index in [4.69, 9.17) is 5.11 Å². The summed E-state index contributed by atoms with van der Waals surface area (Å²) >= 11 is 0. The summed E-state index contributed by atoms with van der Waals surface area (Å²) < 4.78 is 40.3. The highest BCUT2D eigenvalue weighted by atomic mass is 19.4. The van der Waals surface area contributed by atoms with Gasteiger partial charge in [0, 0.05) is 6.42 Å². The molecule has 0 saturated carbocycles. The number of halogens is 3. The number of hydrogen-bond donors (Lipinski definition) is 1. The second kappa shape index (κ2) is 4.74. The number of allylic oxidation sites excluding steroid dienone is 1. The zero-order chi connectivity index (χ0) is 10.5. The first-order valence-electron chi connectivity index (χ1n) is 3.49. The Bertz CT molecular complexity index is 208. The summed E-state index contributed by atoms with van der Waals surface area (Å²) in [5, 5.41) is 8.75. The SMILES string of the molecule is CCO/C(O)=C(\CC=O)C(F)(F)F. The Morgan fingerprint density at radius 1 is 1.54 bits per heavy atom. The zero-order valence-corrected chi connectivity index (χ0v) is 6.89. The van der Waals surface area contributed by atoms with Gasteiger partial charge in [-0.3, -0.25) is 0 Å². The molecule has 76 valence electrons. The van der Waals surface area contributed by atoms with E-state index in [0.29, 0.717) is 0 Å². The van der Waals surface area contributed by atoms with Gasteiger partial charge in [0.2, 0.25) is 0 Å². The van der Waals surface area contributed by atoms with Crippen molar-refractivity contribution >= 4 is 6.29 Å². The van der Waals surface area contributed by atoms with Crippen LogP contribution >= 0.6 is 0 Å². The van der Waals surface area contributed by atoms with Gasteiger partial charge in [-0.25, -0.2) is 0 Å². The normalized spacial score (nSPS) is 13.5. The average molecular weight is 198 g/mol. The summed E-state index contributed by atoms with van der Waals surface area (Å²) in [6, 6.07) is 0. The van der Waals surface area contributed by atoms with Crippen molar-refractivity contribution in [1.82, 2.24) is 0 Å². The third-order valence-corrected chi connectivity index (χ3v) is 1.17. The van der Waals surface area contributed by atoms with Crippen molar-refractivity contribution in [2.45, 2.75) is 19.5 Å². The van der Waals surface area contributed by atoms with E-state index in [1.807, 2.05) is 0 Å². The summed E-state index contributed by atoms with van der Waals surface area (Å²) in [7, 11) is 0. The lowest BCUT2D eigenvalue weighted by Gasteiger charge is -2.11. The quantitative estimate of drug-likeness (QED) is 0.554. The van der Waals surface area contributed by atoms with Crippen LogP contribution in [0.15, 0.2) is 11.5 Å². The molecule has 13 heavy (non-hydrogen) atoms. The summed E-state index contributed by atoms with van der Waals surface area (Å²) in [6.45, 7) is 1.33. The van der Waals surface area contributed by atoms with E-state index in [1.165, 1.54) is 6.92 Å². The molecule has 0 rings (SSSR count). The Kier molecular flexibility index (Phi) is 4.30. The highest BCUT2D eigenvalue weighted by molar-refractivity contribution is 5.55. The fourth-order valence-corrected chi connectivity index (χ4v) is 0.631. The molecule has 0 radical (unpaired) electrons. The van der Waals surface area contributed by atoms with Gasteiger partial charge < -0.3 is 14.6 Å². The Morgan fingerprint density at radius 3 is 2.38 bits per heavy atom. The van der Waals surface area contributed by atoms with Gasteiger partial charge in [0.15, 0.2) is 0 Å². The third-order valence-electron chi connectivity index (χ3n) is 1.17. The van der Waals surface area contributed by atoms with Gasteiger partial charge in [0.1, 0.15) is 11.9 Å². The molecule has 0 aliphatic carbocycles. The number of rotatable bonds is 4. The Balaban J connectivity index is 4.76. The minimum Gasteiger partial charge on any atom is -0.481 e. The van der Waals surface area contributed by atoms with Crippen LogP contribution in [0.3, 0.4) is 0 Å². The number of aliphatic hydroxyl groups is 1. The van der Waals surface area contributed by atoms with Crippen molar-refractivity contribution in [3.63, 3.8) is 0 Å². The van der Waals surface area contributed by atoms with Crippen LogP contribution in [0.4, 0.5) is 13.2 Å². The van der Waals surface area contributed by atoms with Gasteiger partial charge in [-0.05, 0) is 6.92 Å². The minimum absolute atomic E-state index is 0.0536. The molecule has 1 N–H and O–H groups in total. The Morgan fingerprint density at radius 2 is 2.08 bits per heavy atom. The van der Waals surface area contributed by atoms with E-state index >= 15 is 0 Å². The second-order valence-electron chi connectivity index (χ2n) is 2.09. The first-order valence-corrected chi connectivity index (χ1v) is 3.49. The molecule has 0 unspecified atom stereocenters. The summed E-state index contributed by atoms with van der Waals surface area (Å²) in [5.74, 6) is -1.23. The number of alkyl halides is 3. The lowest BCUT2D eigenvalue weighted by molar-refractivity contribution is -0.116. The van der Waals surface area contributed by atoms with Gasteiger partial charge in [-0.15, -0.1) is 0 Å². The molecule has 0 aromatic heterocycles. The molecular formula is C7H9F3O3. The summed E-state index contributed by atoms with van der Waals surface area (Å²) in [5.41, 5.74) is -1.36. The van der Waals surface area contributed by atoms with E-state index in [2.05, 4.69) is 4.74 Å². The van der Waals surface area contributed by atoms with E-state index in [9.17, 15) is 18.0 Å². The molecule has 0 saturated heterocycles. The molecule has 0 bridgehead atoms. The van der Waals surface area contributed by atoms with Gasteiger partial charge in [-0.2, -0.15) is 13.2 Å². The zero-order valence-electron chi connectivity index (χ0n) is 6.89. The lowest BCUT2D eigenvalue weighted by atomic mass is 10.2. The molecule has 0 aliphatic heterocycles. The number of aldehydes is 1. The fourth-order valence-electron chi connectivity index (χ4n) is 0.631. The molecule has 0 fully saturated rings. The third kappa shape index (κ3) is 3.82. The van der Waals surface area contributed by atoms with Crippen molar-refractivity contribution in [1.29, 1.82) is 0 Å². The van der Waals surface area contributed by atoms with Crippen molar-refractivity contribution in [3.05, 3.63) is 11.5 Å². The van der Waals surface area contributed by atoms with Crippen molar-refractivity contribution in [2.75, 3.05) is 6.61 Å². The molecule has 3 nitrogen and oxygen atoms in total. The Hall–Kier alpha value is -1.20. The molecule has 0 amide bonds. The van der Waals surface area contributed by atoms with Crippen molar-refractivity contribution in [3.8, 4) is 0 Å². The largest absolute Gasteiger partial charge is 0.481 e. The summed E-state index contributed by atoms with van der Waals surface area (Å²) in [4.78, 5) is 9.87. The molecule has 0 spiro atoms. The van der Waals surface area contributed by atoms with Crippen LogP contribution in [-0.2, 0) is 9.53 Å². The van der Waals surface area contributed by atoms with Gasteiger partial charge in [0.05, 0.1) is 6.61 Å². The van der Waals surface area contributed by atoms with Gasteiger partial charge in [0.25, 0.3) is 5.95 Å². The predicted octanol–water partition coefficient (Wildman–Crippen LogP) is 1.94. The molecule has 0 aromatic rings. The monoisotopic (exact) mass is 198 g/mol. The molecular weight excluding hydrogens is 189 g/mol. The maximum atomic E-state index is 12.0. The van der Waals surface area contributed by atoms with Crippen LogP contribution in [0.25, 0.3) is 0 Å². The fraction of sp³-hybridized carbons (Fsp3) is 0.571. The smallest absolute Gasteiger partial charge is 0.419 e. The van der Waals surface area contributed by atoms with Gasteiger partial charge in [-0.1, -0.05) is 0 Å². The highest BCUT2D eigenvalue weighted by Gasteiger charge is 2.37. The van der Waals surface area contributed by atoms with E-state index in [0.717, 1.165) is 0 Å². The second-order valence-corrected chi connectivity index (χ2v) is 2.09. The highest BCUT2D eigenvalue weighted by Crippen LogP contribution is 2.29. The van der Waals surface area contributed by atoms with Crippen molar-refractivity contribution in [2.24, 2.45) is 0 Å². The molecule has 0 atom stereocenters. The van der Waals surface area contributed by atoms with E-state index in [-0.39, 0.29) is 12.9 Å². The first-order chi connectivity index (χ1) is 5.93. The van der Waals surface area contributed by atoms with E-state index < -0.39 is 24.1 Å². The number of aliphatic hydroxyl groups excluding tert-OH is 1. The summed E-state index contributed by atoms with van der Waals surface area (Å²) in [6.07, 6.45) is -5.59. The molecule has 6 heteroatoms. The number of hydrogen-bond acceptors (Lipinski definition) is 3. The topological polar surface area (TPSA) is 46.5 Å². The molecule has 0 aromatic carbocycles. The number of ether oxygens (including phenoxy) is 1. The van der Waals surface area contributed by atoms with Crippen molar-refractivity contribution < 1.29 is 27.8 Å². The Labute approximate surface area is 72.8 Å². The maximum absolute atomic E-state index is 12.0. The maximum Gasteiger partial charge on any atom is 0.419 e. The van der Waals surface area contributed by atoms with Crippen LogP contribution in [0.2, 0.25) is 0 Å². The number of carbonyl (C=O) groups excluding carboxylic acids is 1. The number of carbonyl (C=O) groups is 1. The minimum atomic E-state index is -4.74.